The summed E-state index contributed by atoms with van der Waals surface area (Å²) >= 11 is 1.30. The van der Waals surface area contributed by atoms with Gasteiger partial charge in [-0.15, -0.1) is 11.3 Å². The number of halogens is 3. The molecule has 2 N–H and O–H groups in total. The second-order valence-corrected chi connectivity index (χ2v) is 6.84. The van der Waals surface area contributed by atoms with E-state index in [4.69, 9.17) is 0 Å². The molecule has 0 saturated heterocycles. The molecule has 0 aliphatic rings. The van der Waals surface area contributed by atoms with E-state index < -0.39 is 22.6 Å². The third-order valence-corrected chi connectivity index (χ3v) is 5.05. The van der Waals surface area contributed by atoms with Crippen LogP contribution in [0.3, 0.4) is 0 Å². The fourth-order valence-electron chi connectivity index (χ4n) is 1.51. The molecule has 1 aromatic heterocycles. The number of nitrogens with one attached hydrogen (secondary N) is 2. The molecule has 0 bridgehead atoms. The molecule has 20 heavy (non-hydrogen) atoms. The number of thiophene rings is 1. The zero-order chi connectivity index (χ0) is 15.2. The standard InChI is InChI=1S/C11H17F3N2O2S2/c1-2-15-8-9-10(4-7-19-9)20(17,18)16-6-3-5-11(12,13)14/h4,7,15-16H,2-3,5-6,8H2,1H3. The summed E-state index contributed by atoms with van der Waals surface area (Å²) in [5.41, 5.74) is 0. The first-order chi connectivity index (χ1) is 9.26. The van der Waals surface area contributed by atoms with Crippen LogP contribution in [0.15, 0.2) is 16.3 Å². The lowest BCUT2D eigenvalue weighted by Crippen LogP contribution is -2.26. The van der Waals surface area contributed by atoms with Crippen molar-refractivity contribution in [3.8, 4) is 0 Å². The number of rotatable bonds is 8. The first kappa shape index (κ1) is 17.4. The molecule has 0 atom stereocenters. The molecule has 0 amide bonds. The van der Waals surface area contributed by atoms with E-state index in [2.05, 4.69) is 10.0 Å². The van der Waals surface area contributed by atoms with Crippen molar-refractivity contribution in [1.82, 2.24) is 10.0 Å². The van der Waals surface area contributed by atoms with Crippen LogP contribution in [-0.4, -0.2) is 27.7 Å². The Kier molecular flexibility index (Phi) is 6.44. The van der Waals surface area contributed by atoms with Crippen molar-refractivity contribution in [2.75, 3.05) is 13.1 Å². The first-order valence-corrected chi connectivity index (χ1v) is 8.46. The Balaban J connectivity index is 2.58. The van der Waals surface area contributed by atoms with Gasteiger partial charge in [-0.3, -0.25) is 0 Å². The molecule has 0 fully saturated rings. The third-order valence-electron chi connectivity index (χ3n) is 2.46. The third kappa shape index (κ3) is 5.78. The molecular weight excluding hydrogens is 313 g/mol. The average Bonchev–Trinajstić information content (AvgIpc) is 2.80. The highest BCUT2D eigenvalue weighted by Crippen LogP contribution is 2.23. The topological polar surface area (TPSA) is 58.2 Å². The van der Waals surface area contributed by atoms with Crippen LogP contribution >= 0.6 is 11.3 Å². The minimum atomic E-state index is -4.26. The average molecular weight is 330 g/mol. The van der Waals surface area contributed by atoms with Gasteiger partial charge in [0.1, 0.15) is 0 Å². The van der Waals surface area contributed by atoms with Crippen LogP contribution in [0.1, 0.15) is 24.6 Å². The molecule has 0 saturated carbocycles. The van der Waals surface area contributed by atoms with Gasteiger partial charge in [-0.2, -0.15) is 13.2 Å². The van der Waals surface area contributed by atoms with Gasteiger partial charge in [0.05, 0.1) is 4.90 Å². The summed E-state index contributed by atoms with van der Waals surface area (Å²) in [5.74, 6) is 0. The Morgan fingerprint density at radius 2 is 2.05 bits per heavy atom. The lowest BCUT2D eigenvalue weighted by Gasteiger charge is -2.09. The predicted octanol–water partition coefficient (Wildman–Crippen LogP) is 2.48. The largest absolute Gasteiger partial charge is 0.389 e. The molecule has 0 aliphatic carbocycles. The predicted molar refractivity (Wildman–Crippen MR) is 72.2 cm³/mol. The fraction of sp³-hybridized carbons (Fsp3) is 0.636. The quantitative estimate of drug-likeness (QED) is 0.720. The molecule has 1 aromatic rings. The smallest absolute Gasteiger partial charge is 0.312 e. The van der Waals surface area contributed by atoms with E-state index in [0.29, 0.717) is 18.0 Å². The van der Waals surface area contributed by atoms with Gasteiger partial charge in [-0.1, -0.05) is 6.92 Å². The van der Waals surface area contributed by atoms with Crippen molar-refractivity contribution in [2.24, 2.45) is 0 Å². The summed E-state index contributed by atoms with van der Waals surface area (Å²) in [6, 6.07) is 1.46. The summed E-state index contributed by atoms with van der Waals surface area (Å²) in [5, 5.41) is 4.67. The fourth-order valence-corrected chi connectivity index (χ4v) is 3.99. The minimum Gasteiger partial charge on any atom is -0.312 e. The minimum absolute atomic E-state index is 0.135. The van der Waals surface area contributed by atoms with E-state index in [1.165, 1.54) is 17.4 Å². The highest BCUT2D eigenvalue weighted by Gasteiger charge is 2.26. The maximum absolute atomic E-state index is 12.0. The number of alkyl halides is 3. The first-order valence-electron chi connectivity index (χ1n) is 6.10. The monoisotopic (exact) mass is 330 g/mol. The zero-order valence-electron chi connectivity index (χ0n) is 11.0. The Hall–Kier alpha value is -0.640. The van der Waals surface area contributed by atoms with Crippen LogP contribution in [-0.2, 0) is 16.6 Å². The van der Waals surface area contributed by atoms with E-state index in [0.717, 1.165) is 0 Å². The number of sulfonamides is 1. The van der Waals surface area contributed by atoms with Gasteiger partial charge in [-0.05, 0) is 24.4 Å². The van der Waals surface area contributed by atoms with Crippen LogP contribution in [0.4, 0.5) is 13.2 Å². The second kappa shape index (κ2) is 7.39. The van der Waals surface area contributed by atoms with Gasteiger partial charge >= 0.3 is 6.18 Å². The van der Waals surface area contributed by atoms with E-state index in [1.807, 2.05) is 6.92 Å². The van der Waals surface area contributed by atoms with Crippen LogP contribution < -0.4 is 10.0 Å². The Morgan fingerprint density at radius 3 is 2.65 bits per heavy atom. The zero-order valence-corrected chi connectivity index (χ0v) is 12.6. The number of hydrogen-bond acceptors (Lipinski definition) is 4. The van der Waals surface area contributed by atoms with Gasteiger partial charge in [-0.25, -0.2) is 13.1 Å². The van der Waals surface area contributed by atoms with Crippen LogP contribution in [0.5, 0.6) is 0 Å². The highest BCUT2D eigenvalue weighted by atomic mass is 32.2. The van der Waals surface area contributed by atoms with Crippen molar-refractivity contribution in [2.45, 2.75) is 37.4 Å². The summed E-state index contributed by atoms with van der Waals surface area (Å²) in [4.78, 5) is 0.783. The van der Waals surface area contributed by atoms with Crippen molar-refractivity contribution in [3.63, 3.8) is 0 Å². The molecule has 1 rings (SSSR count). The van der Waals surface area contributed by atoms with Gasteiger partial charge in [0.15, 0.2) is 0 Å². The van der Waals surface area contributed by atoms with Crippen molar-refractivity contribution >= 4 is 21.4 Å². The molecule has 116 valence electrons. The normalized spacial score (nSPS) is 12.8. The van der Waals surface area contributed by atoms with E-state index in [1.54, 1.807) is 5.38 Å². The Labute approximate surface area is 120 Å². The maximum Gasteiger partial charge on any atom is 0.389 e. The molecule has 0 unspecified atom stereocenters. The lowest BCUT2D eigenvalue weighted by molar-refractivity contribution is -0.135. The number of hydrogen-bond donors (Lipinski definition) is 2. The summed E-state index contributed by atoms with van der Waals surface area (Å²) in [6.07, 6.45) is -5.52. The van der Waals surface area contributed by atoms with Crippen LogP contribution in [0.25, 0.3) is 0 Å². The molecule has 0 aromatic carbocycles. The lowest BCUT2D eigenvalue weighted by atomic mass is 10.3. The maximum atomic E-state index is 12.0. The van der Waals surface area contributed by atoms with Crippen LogP contribution in [0.2, 0.25) is 0 Å². The summed E-state index contributed by atoms with van der Waals surface area (Å²) < 4.78 is 62.1. The molecule has 0 radical (unpaired) electrons. The molecular formula is C11H17F3N2O2S2. The Morgan fingerprint density at radius 1 is 1.35 bits per heavy atom. The van der Waals surface area contributed by atoms with Gasteiger partial charge in [0.2, 0.25) is 10.0 Å². The molecule has 1 heterocycles. The molecule has 4 nitrogen and oxygen atoms in total. The van der Waals surface area contributed by atoms with Crippen molar-refractivity contribution in [1.29, 1.82) is 0 Å². The van der Waals surface area contributed by atoms with Gasteiger partial charge in [0.25, 0.3) is 0 Å². The summed E-state index contributed by atoms with van der Waals surface area (Å²) in [7, 11) is -3.74. The molecule has 9 heteroatoms. The van der Waals surface area contributed by atoms with Crippen LogP contribution in [0, 0.1) is 0 Å². The Bertz CT molecular complexity index is 512. The SMILES string of the molecule is CCNCc1sccc1S(=O)(=O)NCCCC(F)(F)F. The van der Waals surface area contributed by atoms with Crippen molar-refractivity contribution < 1.29 is 21.6 Å². The molecule has 0 aliphatic heterocycles. The van der Waals surface area contributed by atoms with Gasteiger partial charge < -0.3 is 5.32 Å². The van der Waals surface area contributed by atoms with Crippen molar-refractivity contribution in [3.05, 3.63) is 16.3 Å². The molecule has 0 spiro atoms. The van der Waals surface area contributed by atoms with E-state index in [9.17, 15) is 21.6 Å². The van der Waals surface area contributed by atoms with E-state index >= 15 is 0 Å². The second-order valence-electron chi connectivity index (χ2n) is 4.10. The van der Waals surface area contributed by atoms with E-state index in [-0.39, 0.29) is 17.9 Å². The van der Waals surface area contributed by atoms with Gasteiger partial charge in [0, 0.05) is 24.4 Å². The summed E-state index contributed by atoms with van der Waals surface area (Å²) in [6.45, 7) is 2.80. The highest BCUT2D eigenvalue weighted by molar-refractivity contribution is 7.89.